The summed E-state index contributed by atoms with van der Waals surface area (Å²) in [5, 5.41) is 14.0. The number of aryl methyl sites for hydroxylation is 1. The van der Waals surface area contributed by atoms with Gasteiger partial charge < -0.3 is 4.42 Å². The van der Waals surface area contributed by atoms with E-state index < -0.39 is 0 Å². The highest BCUT2D eigenvalue weighted by Crippen LogP contribution is 2.31. The van der Waals surface area contributed by atoms with Crippen LogP contribution in [-0.2, 0) is 0 Å². The molecule has 20 heavy (non-hydrogen) atoms. The average molecular weight is 372 g/mol. The number of nitrogens with one attached hydrogen (secondary N) is 1. The van der Waals surface area contributed by atoms with E-state index >= 15 is 0 Å². The Morgan fingerprint density at radius 1 is 1.35 bits per heavy atom. The van der Waals surface area contributed by atoms with Crippen LogP contribution in [0, 0.1) is 6.92 Å². The highest BCUT2D eigenvalue weighted by Gasteiger charge is 2.17. The minimum Gasteiger partial charge on any atom is -0.402 e. The lowest BCUT2D eigenvalue weighted by Crippen LogP contribution is -2.11. The summed E-state index contributed by atoms with van der Waals surface area (Å²) in [5.41, 5.74) is 0.564. The largest absolute Gasteiger partial charge is 0.402 e. The first-order valence-corrected chi connectivity index (χ1v) is 7.71. The SMILES string of the molecule is Cc1nnsc1C(=O)Nc1nnc(-c2ccc(Br)s2)o1. The van der Waals surface area contributed by atoms with Gasteiger partial charge in [-0.2, -0.15) is 0 Å². The molecule has 0 fully saturated rings. The maximum Gasteiger partial charge on any atom is 0.322 e. The predicted octanol–water partition coefficient (Wildman–Crippen LogP) is 2.97. The lowest BCUT2D eigenvalue weighted by atomic mass is 10.4. The molecule has 1 amide bonds. The van der Waals surface area contributed by atoms with E-state index in [0.29, 0.717) is 16.5 Å². The van der Waals surface area contributed by atoms with Gasteiger partial charge in [-0.25, -0.2) is 0 Å². The zero-order valence-corrected chi connectivity index (χ0v) is 13.2. The quantitative estimate of drug-likeness (QED) is 0.760. The number of thiophene rings is 1. The molecule has 10 heteroatoms. The third kappa shape index (κ3) is 2.62. The van der Waals surface area contributed by atoms with Crippen molar-refractivity contribution in [2.75, 3.05) is 5.32 Å². The van der Waals surface area contributed by atoms with E-state index in [1.54, 1.807) is 6.92 Å². The van der Waals surface area contributed by atoms with Gasteiger partial charge in [0.1, 0.15) is 4.88 Å². The molecule has 3 heterocycles. The van der Waals surface area contributed by atoms with Crippen LogP contribution in [0.15, 0.2) is 20.3 Å². The van der Waals surface area contributed by atoms with Crippen molar-refractivity contribution in [2.45, 2.75) is 6.92 Å². The highest BCUT2D eigenvalue weighted by molar-refractivity contribution is 9.11. The predicted molar refractivity (Wildman–Crippen MR) is 77.9 cm³/mol. The van der Waals surface area contributed by atoms with E-state index in [1.165, 1.54) is 11.3 Å². The number of carbonyl (C=O) groups is 1. The van der Waals surface area contributed by atoms with Crippen LogP contribution in [0.3, 0.4) is 0 Å². The lowest BCUT2D eigenvalue weighted by molar-refractivity contribution is 0.102. The molecule has 0 aromatic carbocycles. The molecule has 0 aliphatic rings. The van der Waals surface area contributed by atoms with Gasteiger partial charge in [-0.15, -0.1) is 21.5 Å². The summed E-state index contributed by atoms with van der Waals surface area (Å²) in [6.45, 7) is 1.71. The zero-order valence-electron chi connectivity index (χ0n) is 9.95. The summed E-state index contributed by atoms with van der Waals surface area (Å²) < 4.78 is 10.1. The van der Waals surface area contributed by atoms with Crippen molar-refractivity contribution in [1.82, 2.24) is 19.8 Å². The van der Waals surface area contributed by atoms with Crippen molar-refractivity contribution < 1.29 is 9.21 Å². The second-order valence-electron chi connectivity index (χ2n) is 3.66. The Labute approximate surface area is 129 Å². The molecule has 3 aromatic rings. The summed E-state index contributed by atoms with van der Waals surface area (Å²) in [4.78, 5) is 13.2. The smallest absolute Gasteiger partial charge is 0.322 e. The fraction of sp³-hybridized carbons (Fsp3) is 0.100. The van der Waals surface area contributed by atoms with Crippen LogP contribution < -0.4 is 5.32 Å². The van der Waals surface area contributed by atoms with Crippen molar-refractivity contribution >= 4 is 50.7 Å². The number of halogens is 1. The van der Waals surface area contributed by atoms with Gasteiger partial charge in [0.2, 0.25) is 0 Å². The molecular formula is C10H6BrN5O2S2. The summed E-state index contributed by atoms with van der Waals surface area (Å²) in [6, 6.07) is 3.78. The molecule has 0 aliphatic carbocycles. The van der Waals surface area contributed by atoms with Crippen LogP contribution >= 0.6 is 38.8 Å². The Kier molecular flexibility index (Phi) is 3.59. The van der Waals surface area contributed by atoms with E-state index in [0.717, 1.165) is 20.2 Å². The molecule has 1 N–H and O–H groups in total. The number of nitrogens with zero attached hydrogens (tertiary/aromatic N) is 4. The van der Waals surface area contributed by atoms with Crippen molar-refractivity contribution in [3.8, 4) is 10.8 Å². The molecule has 0 spiro atoms. The van der Waals surface area contributed by atoms with E-state index in [1.807, 2.05) is 12.1 Å². The molecule has 0 saturated heterocycles. The first kappa shape index (κ1) is 13.3. The first-order chi connectivity index (χ1) is 9.63. The normalized spacial score (nSPS) is 10.7. The fourth-order valence-corrected chi connectivity index (χ4v) is 3.26. The summed E-state index contributed by atoms with van der Waals surface area (Å²) in [6.07, 6.45) is 0. The Morgan fingerprint density at radius 2 is 2.20 bits per heavy atom. The standard InChI is InChI=1S/C10H6BrN5O2S2/c1-4-7(20-16-13-4)8(17)12-10-15-14-9(18-10)5-2-3-6(11)19-5/h2-3H,1H3,(H,12,15,17). The number of hydrogen-bond acceptors (Lipinski definition) is 8. The summed E-state index contributed by atoms with van der Waals surface area (Å²) in [5.74, 6) is -0.00443. The van der Waals surface area contributed by atoms with Crippen molar-refractivity contribution in [3.63, 3.8) is 0 Å². The lowest BCUT2D eigenvalue weighted by Gasteiger charge is -1.96. The van der Waals surface area contributed by atoms with Crippen LogP contribution in [0.25, 0.3) is 10.8 Å². The van der Waals surface area contributed by atoms with Crippen molar-refractivity contribution in [2.24, 2.45) is 0 Å². The molecule has 0 saturated carbocycles. The van der Waals surface area contributed by atoms with Crippen LogP contribution in [0.4, 0.5) is 6.01 Å². The maximum atomic E-state index is 11.9. The van der Waals surface area contributed by atoms with Gasteiger partial charge in [0.15, 0.2) is 0 Å². The van der Waals surface area contributed by atoms with Crippen LogP contribution in [0.2, 0.25) is 0 Å². The van der Waals surface area contributed by atoms with Gasteiger partial charge in [0.25, 0.3) is 11.8 Å². The van der Waals surface area contributed by atoms with Gasteiger partial charge in [-0.1, -0.05) is 9.59 Å². The second-order valence-corrected chi connectivity index (χ2v) is 6.87. The third-order valence-electron chi connectivity index (χ3n) is 2.29. The molecule has 102 valence electrons. The molecule has 0 aliphatic heterocycles. The van der Waals surface area contributed by atoms with Gasteiger partial charge in [0, 0.05) is 0 Å². The molecule has 0 bridgehead atoms. The third-order valence-corrected chi connectivity index (χ3v) is 4.73. The molecule has 0 radical (unpaired) electrons. The average Bonchev–Trinajstić information content (AvgIpc) is 3.10. The van der Waals surface area contributed by atoms with E-state index in [2.05, 4.69) is 41.0 Å². The zero-order chi connectivity index (χ0) is 14.1. The Bertz CT molecular complexity index is 765. The van der Waals surface area contributed by atoms with Gasteiger partial charge in [-0.05, 0) is 46.5 Å². The van der Waals surface area contributed by atoms with Gasteiger partial charge >= 0.3 is 6.01 Å². The maximum absolute atomic E-state index is 11.9. The number of aromatic nitrogens is 4. The number of carbonyl (C=O) groups excluding carboxylic acids is 1. The van der Waals surface area contributed by atoms with E-state index in [9.17, 15) is 4.79 Å². The van der Waals surface area contributed by atoms with Gasteiger partial charge in [-0.3, -0.25) is 10.1 Å². The minimum absolute atomic E-state index is 0.0438. The van der Waals surface area contributed by atoms with E-state index in [4.69, 9.17) is 4.42 Å². The Balaban J connectivity index is 1.78. The molecule has 3 aromatic heterocycles. The first-order valence-electron chi connectivity index (χ1n) is 5.33. The molecule has 7 nitrogen and oxygen atoms in total. The number of rotatable bonds is 3. The monoisotopic (exact) mass is 371 g/mol. The van der Waals surface area contributed by atoms with E-state index in [-0.39, 0.29) is 11.9 Å². The molecule has 3 rings (SSSR count). The highest BCUT2D eigenvalue weighted by atomic mass is 79.9. The number of anilines is 1. The van der Waals surface area contributed by atoms with Crippen LogP contribution in [0.1, 0.15) is 15.4 Å². The van der Waals surface area contributed by atoms with Gasteiger partial charge in [0.05, 0.1) is 14.4 Å². The number of amides is 1. The Hall–Kier alpha value is -1.65. The Morgan fingerprint density at radius 3 is 2.85 bits per heavy atom. The van der Waals surface area contributed by atoms with Crippen molar-refractivity contribution in [3.05, 3.63) is 26.5 Å². The van der Waals surface area contributed by atoms with Crippen molar-refractivity contribution in [1.29, 1.82) is 0 Å². The fourth-order valence-electron chi connectivity index (χ4n) is 1.40. The minimum atomic E-state index is -0.361. The summed E-state index contributed by atoms with van der Waals surface area (Å²) in [7, 11) is 0. The molecular weight excluding hydrogens is 366 g/mol. The number of hydrogen-bond donors (Lipinski definition) is 1. The van der Waals surface area contributed by atoms with Crippen LogP contribution in [0.5, 0.6) is 0 Å². The van der Waals surface area contributed by atoms with Crippen LogP contribution in [-0.4, -0.2) is 25.7 Å². The molecule has 0 atom stereocenters. The summed E-state index contributed by atoms with van der Waals surface area (Å²) >= 11 is 5.84. The topological polar surface area (TPSA) is 93.8 Å². The molecule has 0 unspecified atom stereocenters. The second kappa shape index (κ2) is 5.38.